The van der Waals surface area contributed by atoms with Crippen molar-refractivity contribution in [2.75, 3.05) is 22.2 Å². The fraction of sp³-hybridized carbons (Fsp3) is 0.391. The molecule has 1 amide bonds. The molecular weight excluding hydrogens is 458 g/mol. The Morgan fingerprint density at radius 3 is 2.58 bits per heavy atom. The smallest absolute Gasteiger partial charge is 0.237 e. The van der Waals surface area contributed by atoms with Gasteiger partial charge in [-0.3, -0.25) is 4.79 Å². The summed E-state index contributed by atoms with van der Waals surface area (Å²) in [5.74, 6) is 0.0205. The molecule has 1 fully saturated rings. The fourth-order valence-corrected chi connectivity index (χ4v) is 6.39. The number of aryl methyl sites for hydroxylation is 1. The lowest BCUT2D eigenvalue weighted by Crippen LogP contribution is -2.42. The molecule has 1 aliphatic rings. The van der Waals surface area contributed by atoms with Crippen LogP contribution in [0.4, 0.5) is 5.69 Å². The Hall–Kier alpha value is -2.72. The summed E-state index contributed by atoms with van der Waals surface area (Å²) in [5, 5.41) is 12.5. The minimum Gasteiger partial charge on any atom is -0.308 e. The van der Waals surface area contributed by atoms with Crippen molar-refractivity contribution in [3.63, 3.8) is 0 Å². The summed E-state index contributed by atoms with van der Waals surface area (Å²) >= 11 is 1.24. The molecule has 1 atom stereocenters. The number of nitrogens with zero attached hydrogens (tertiary/aromatic N) is 5. The van der Waals surface area contributed by atoms with Gasteiger partial charge in [-0.25, -0.2) is 8.42 Å². The topological polar surface area (TPSA) is 98.1 Å². The van der Waals surface area contributed by atoms with E-state index in [1.807, 2.05) is 42.5 Å². The van der Waals surface area contributed by atoms with Crippen LogP contribution >= 0.6 is 11.8 Å². The molecule has 2 aromatic carbocycles. The summed E-state index contributed by atoms with van der Waals surface area (Å²) in [6.45, 7) is 2.17. The first-order valence-electron chi connectivity index (χ1n) is 11.0. The van der Waals surface area contributed by atoms with Gasteiger partial charge in [0.15, 0.2) is 9.84 Å². The number of hydrogen-bond acceptors (Lipinski definition) is 7. The van der Waals surface area contributed by atoms with Crippen molar-refractivity contribution in [3.05, 3.63) is 60.2 Å². The highest BCUT2D eigenvalue weighted by atomic mass is 32.2. The normalized spacial score (nSPS) is 17.2. The van der Waals surface area contributed by atoms with Crippen LogP contribution < -0.4 is 4.90 Å². The largest absolute Gasteiger partial charge is 0.308 e. The summed E-state index contributed by atoms with van der Waals surface area (Å²) in [6.07, 6.45) is 3.77. The van der Waals surface area contributed by atoms with E-state index in [9.17, 15) is 13.2 Å². The van der Waals surface area contributed by atoms with Crippen molar-refractivity contribution >= 4 is 33.2 Å². The number of amides is 1. The molecule has 3 aromatic rings. The Kier molecular flexibility index (Phi) is 7.44. The van der Waals surface area contributed by atoms with Gasteiger partial charge in [0.1, 0.15) is 0 Å². The molecule has 0 radical (unpaired) electrons. The Labute approximate surface area is 198 Å². The van der Waals surface area contributed by atoms with Gasteiger partial charge in [0.2, 0.25) is 11.1 Å². The number of aromatic nitrogens is 4. The van der Waals surface area contributed by atoms with Gasteiger partial charge >= 0.3 is 0 Å². The lowest BCUT2D eigenvalue weighted by atomic mass is 10.1. The van der Waals surface area contributed by atoms with Crippen molar-refractivity contribution in [2.24, 2.45) is 0 Å². The monoisotopic (exact) mass is 485 g/mol. The molecule has 10 heteroatoms. The van der Waals surface area contributed by atoms with Crippen LogP contribution in [0.25, 0.3) is 5.69 Å². The number of rotatable bonds is 9. The number of unbranched alkanes of at least 4 members (excludes halogenated alkanes) is 1. The first-order chi connectivity index (χ1) is 16.0. The predicted octanol–water partition coefficient (Wildman–Crippen LogP) is 3.32. The van der Waals surface area contributed by atoms with Gasteiger partial charge in [0.25, 0.3) is 0 Å². The molecule has 33 heavy (non-hydrogen) atoms. The second kappa shape index (κ2) is 10.5. The van der Waals surface area contributed by atoms with Crippen LogP contribution in [-0.4, -0.2) is 57.8 Å². The van der Waals surface area contributed by atoms with Gasteiger partial charge in [0.05, 0.1) is 29.0 Å². The third-order valence-corrected chi connectivity index (χ3v) is 8.30. The van der Waals surface area contributed by atoms with Gasteiger partial charge in [0, 0.05) is 5.69 Å². The molecule has 1 saturated heterocycles. The summed E-state index contributed by atoms with van der Waals surface area (Å²) in [6, 6.07) is 17.0. The Morgan fingerprint density at radius 1 is 1.15 bits per heavy atom. The molecule has 2 heterocycles. The van der Waals surface area contributed by atoms with Crippen LogP contribution in [0.3, 0.4) is 0 Å². The molecule has 0 spiro atoms. The zero-order valence-electron chi connectivity index (χ0n) is 18.5. The van der Waals surface area contributed by atoms with E-state index in [0.717, 1.165) is 24.9 Å². The summed E-state index contributed by atoms with van der Waals surface area (Å²) in [5.41, 5.74) is 2.80. The third kappa shape index (κ3) is 5.80. The SMILES string of the molecule is CCCCc1ccc(-n2nnnc2SCC(=O)N(c2ccccc2)C2CCS(=O)(=O)C2)cc1. The van der Waals surface area contributed by atoms with Crippen LogP contribution in [0.5, 0.6) is 0 Å². The van der Waals surface area contributed by atoms with E-state index >= 15 is 0 Å². The zero-order chi connectivity index (χ0) is 23.3. The highest BCUT2D eigenvalue weighted by Gasteiger charge is 2.35. The number of sulfone groups is 1. The van der Waals surface area contributed by atoms with Crippen molar-refractivity contribution in [3.8, 4) is 5.69 Å². The standard InChI is InChI=1S/C23H27N5O3S2/c1-2-3-7-18-10-12-20(13-11-18)28-23(24-25-26-28)32-16-22(29)27(19-8-5-4-6-9-19)21-14-15-33(30,31)17-21/h4-6,8-13,21H,2-3,7,14-17H2,1H3. The van der Waals surface area contributed by atoms with Crippen LogP contribution in [0.1, 0.15) is 31.7 Å². The third-order valence-electron chi connectivity index (χ3n) is 5.64. The number of benzene rings is 2. The lowest BCUT2D eigenvalue weighted by Gasteiger charge is -2.28. The maximum atomic E-state index is 13.3. The average Bonchev–Trinajstić information content (AvgIpc) is 3.43. The van der Waals surface area contributed by atoms with Crippen molar-refractivity contribution < 1.29 is 13.2 Å². The quantitative estimate of drug-likeness (QED) is 0.429. The molecule has 1 unspecified atom stereocenters. The number of para-hydroxylation sites is 1. The van der Waals surface area contributed by atoms with Gasteiger partial charge in [-0.2, -0.15) is 4.68 Å². The molecule has 8 nitrogen and oxygen atoms in total. The lowest BCUT2D eigenvalue weighted by molar-refractivity contribution is -0.116. The zero-order valence-corrected chi connectivity index (χ0v) is 20.1. The summed E-state index contributed by atoms with van der Waals surface area (Å²) in [4.78, 5) is 14.9. The van der Waals surface area contributed by atoms with E-state index in [2.05, 4.69) is 34.6 Å². The van der Waals surface area contributed by atoms with E-state index in [1.165, 1.54) is 17.3 Å². The second-order valence-corrected chi connectivity index (χ2v) is 11.3. The maximum absolute atomic E-state index is 13.3. The van der Waals surface area contributed by atoms with Gasteiger partial charge in [-0.05, 0) is 59.5 Å². The molecule has 174 valence electrons. The predicted molar refractivity (Wildman–Crippen MR) is 129 cm³/mol. The van der Waals surface area contributed by atoms with E-state index < -0.39 is 9.84 Å². The number of carbonyl (C=O) groups excluding carboxylic acids is 1. The fourth-order valence-electron chi connectivity index (χ4n) is 3.94. The highest BCUT2D eigenvalue weighted by Crippen LogP contribution is 2.27. The molecule has 0 bridgehead atoms. The van der Waals surface area contributed by atoms with Crippen molar-refractivity contribution in [2.45, 2.75) is 43.8 Å². The van der Waals surface area contributed by atoms with Crippen LogP contribution in [0.15, 0.2) is 59.8 Å². The van der Waals surface area contributed by atoms with Gasteiger partial charge in [-0.15, -0.1) is 5.10 Å². The number of tetrazole rings is 1. The van der Waals surface area contributed by atoms with Crippen molar-refractivity contribution in [1.29, 1.82) is 0 Å². The maximum Gasteiger partial charge on any atom is 0.237 e. The highest BCUT2D eigenvalue weighted by molar-refractivity contribution is 7.99. The second-order valence-electron chi connectivity index (χ2n) is 8.09. The van der Waals surface area contributed by atoms with Crippen LogP contribution in [0, 0.1) is 0 Å². The van der Waals surface area contributed by atoms with E-state index in [0.29, 0.717) is 17.3 Å². The molecule has 1 aliphatic heterocycles. The van der Waals surface area contributed by atoms with E-state index in [-0.39, 0.29) is 29.2 Å². The van der Waals surface area contributed by atoms with Gasteiger partial charge < -0.3 is 4.90 Å². The number of anilines is 1. The van der Waals surface area contributed by atoms with Crippen LogP contribution in [-0.2, 0) is 21.1 Å². The minimum absolute atomic E-state index is 0.0135. The average molecular weight is 486 g/mol. The Morgan fingerprint density at radius 2 is 1.91 bits per heavy atom. The number of thioether (sulfide) groups is 1. The molecule has 4 rings (SSSR count). The molecule has 0 N–H and O–H groups in total. The number of hydrogen-bond donors (Lipinski definition) is 0. The van der Waals surface area contributed by atoms with E-state index in [4.69, 9.17) is 0 Å². The Bertz CT molecular complexity index is 1180. The summed E-state index contributed by atoms with van der Waals surface area (Å²) < 4.78 is 25.7. The van der Waals surface area contributed by atoms with Gasteiger partial charge in [-0.1, -0.05) is 55.4 Å². The summed E-state index contributed by atoms with van der Waals surface area (Å²) in [7, 11) is -3.13. The first-order valence-corrected chi connectivity index (χ1v) is 13.9. The molecule has 0 aliphatic carbocycles. The Balaban J connectivity index is 1.48. The van der Waals surface area contributed by atoms with Crippen molar-refractivity contribution in [1.82, 2.24) is 20.2 Å². The molecule has 1 aromatic heterocycles. The number of carbonyl (C=O) groups is 1. The molecule has 0 saturated carbocycles. The minimum atomic E-state index is -3.13. The molecular formula is C23H27N5O3S2. The van der Waals surface area contributed by atoms with Crippen LogP contribution in [0.2, 0.25) is 0 Å². The first kappa shape index (κ1) is 23.4. The van der Waals surface area contributed by atoms with E-state index in [1.54, 1.807) is 9.58 Å².